The number of benzene rings is 1. The molecule has 6 nitrogen and oxygen atoms in total. The molecule has 10 heteroatoms. The topological polar surface area (TPSA) is 73.5 Å². The van der Waals surface area contributed by atoms with Crippen LogP contribution in [-0.2, 0) is 9.47 Å². The largest absolute Gasteiger partial charge is 0.376 e. The molecule has 2 aliphatic heterocycles. The Labute approximate surface area is 189 Å². The number of nitrogens with zero attached hydrogens (tertiary/aromatic N) is 3. The molecule has 1 saturated carbocycles. The van der Waals surface area contributed by atoms with Crippen molar-refractivity contribution >= 4 is 5.82 Å². The molecular weight excluding hydrogens is 440 g/mol. The van der Waals surface area contributed by atoms with Crippen LogP contribution in [0.4, 0.5) is 23.4 Å². The van der Waals surface area contributed by atoms with Crippen molar-refractivity contribution in [3.63, 3.8) is 0 Å². The van der Waals surface area contributed by atoms with E-state index in [1.54, 1.807) is 0 Å². The molecule has 1 aromatic heterocycles. The zero-order valence-electron chi connectivity index (χ0n) is 18.0. The van der Waals surface area contributed by atoms with Gasteiger partial charge in [0.1, 0.15) is 11.6 Å². The SMILES string of the molecule is N[C@@H]1C[C@H]2CN(c3nnc(-c4cc(F)ccc4F)cc3C(F)F)[C@H](C[C@H]3COCCO3)[C@@H]2C1. The number of anilines is 1. The summed E-state index contributed by atoms with van der Waals surface area (Å²) in [6, 6.07) is 3.94. The van der Waals surface area contributed by atoms with Crippen molar-refractivity contribution in [2.75, 3.05) is 31.3 Å². The molecule has 0 bridgehead atoms. The normalized spacial score (nSPS) is 29.6. The van der Waals surface area contributed by atoms with Gasteiger partial charge in [-0.05, 0) is 55.4 Å². The lowest BCUT2D eigenvalue weighted by atomic mass is 9.90. The summed E-state index contributed by atoms with van der Waals surface area (Å²) < 4.78 is 67.6. The van der Waals surface area contributed by atoms with E-state index in [-0.39, 0.29) is 52.7 Å². The van der Waals surface area contributed by atoms with E-state index in [0.717, 1.165) is 37.1 Å². The molecule has 5 atom stereocenters. The summed E-state index contributed by atoms with van der Waals surface area (Å²) in [5, 5.41) is 8.14. The average molecular weight is 466 g/mol. The standard InChI is InChI=1S/C23H26F4N4O2/c24-13-1-2-19(25)17(6-13)20-9-18(22(26)27)23(30-29-20)31-10-12-5-14(28)7-16(12)21(31)8-15-11-32-3-4-33-15/h1-2,6,9,12,14-16,21-22H,3-5,7-8,10-11,28H2/t12-,14+,15-,16+,21+/m0/s1. The highest BCUT2D eigenvalue weighted by molar-refractivity contribution is 5.63. The van der Waals surface area contributed by atoms with Crippen LogP contribution in [0.3, 0.4) is 0 Å². The van der Waals surface area contributed by atoms with Gasteiger partial charge in [-0.3, -0.25) is 0 Å². The van der Waals surface area contributed by atoms with Gasteiger partial charge in [0, 0.05) is 24.2 Å². The number of rotatable bonds is 5. The molecular formula is C23H26F4N4O2. The van der Waals surface area contributed by atoms with E-state index >= 15 is 0 Å². The predicted molar refractivity (Wildman–Crippen MR) is 113 cm³/mol. The van der Waals surface area contributed by atoms with Crippen molar-refractivity contribution in [2.45, 2.75) is 43.9 Å². The number of hydrogen-bond acceptors (Lipinski definition) is 6. The summed E-state index contributed by atoms with van der Waals surface area (Å²) in [5.74, 6) is -0.861. The first-order valence-electron chi connectivity index (χ1n) is 11.2. The van der Waals surface area contributed by atoms with E-state index in [0.29, 0.717) is 32.8 Å². The maximum absolute atomic E-state index is 14.2. The highest BCUT2D eigenvalue weighted by Gasteiger charge is 2.48. The summed E-state index contributed by atoms with van der Waals surface area (Å²) in [7, 11) is 0. The Morgan fingerprint density at radius 2 is 1.97 bits per heavy atom. The average Bonchev–Trinajstić information content (AvgIpc) is 3.32. The van der Waals surface area contributed by atoms with Crippen molar-refractivity contribution in [1.82, 2.24) is 10.2 Å². The Kier molecular flexibility index (Phi) is 6.24. The van der Waals surface area contributed by atoms with Crippen molar-refractivity contribution in [1.29, 1.82) is 0 Å². The number of fused-ring (bicyclic) bond motifs is 1. The number of hydrogen-bond donors (Lipinski definition) is 1. The van der Waals surface area contributed by atoms with Gasteiger partial charge in [-0.2, -0.15) is 0 Å². The first-order chi connectivity index (χ1) is 15.9. The summed E-state index contributed by atoms with van der Waals surface area (Å²) >= 11 is 0. The molecule has 3 fully saturated rings. The third-order valence-corrected chi connectivity index (χ3v) is 7.02. The minimum absolute atomic E-state index is 0.0789. The number of alkyl halides is 2. The number of aromatic nitrogens is 2. The fourth-order valence-corrected chi connectivity index (χ4v) is 5.60. The molecule has 3 aliphatic rings. The lowest BCUT2D eigenvalue weighted by molar-refractivity contribution is -0.0936. The second-order valence-corrected chi connectivity index (χ2v) is 9.11. The van der Waals surface area contributed by atoms with Crippen LogP contribution in [-0.4, -0.2) is 54.8 Å². The van der Waals surface area contributed by atoms with E-state index < -0.39 is 18.1 Å². The maximum atomic E-state index is 14.2. The van der Waals surface area contributed by atoms with Gasteiger partial charge in [0.15, 0.2) is 5.82 Å². The molecule has 0 spiro atoms. The zero-order valence-corrected chi connectivity index (χ0v) is 18.0. The lowest BCUT2D eigenvalue weighted by Crippen LogP contribution is -2.41. The van der Waals surface area contributed by atoms with Crippen LogP contribution in [0, 0.1) is 23.5 Å². The molecule has 0 unspecified atom stereocenters. The van der Waals surface area contributed by atoms with Crippen molar-refractivity contribution in [3.05, 3.63) is 41.5 Å². The summed E-state index contributed by atoms with van der Waals surface area (Å²) in [4.78, 5) is 1.89. The molecule has 0 amide bonds. The van der Waals surface area contributed by atoms with Gasteiger partial charge in [0.25, 0.3) is 6.43 Å². The molecule has 5 rings (SSSR count). The third kappa shape index (κ3) is 4.43. The van der Waals surface area contributed by atoms with Crippen LogP contribution in [0.15, 0.2) is 24.3 Å². The summed E-state index contributed by atoms with van der Waals surface area (Å²) in [6.07, 6.45) is -0.750. The fraction of sp³-hybridized carbons (Fsp3) is 0.565. The van der Waals surface area contributed by atoms with Crippen molar-refractivity contribution in [2.24, 2.45) is 17.6 Å². The molecule has 178 valence electrons. The first kappa shape index (κ1) is 22.5. The van der Waals surface area contributed by atoms with Gasteiger partial charge >= 0.3 is 0 Å². The lowest BCUT2D eigenvalue weighted by Gasteiger charge is -2.34. The zero-order chi connectivity index (χ0) is 23.1. The van der Waals surface area contributed by atoms with Gasteiger partial charge in [0.2, 0.25) is 0 Å². The molecule has 33 heavy (non-hydrogen) atoms. The highest BCUT2D eigenvalue weighted by Crippen LogP contribution is 2.46. The van der Waals surface area contributed by atoms with E-state index in [4.69, 9.17) is 15.2 Å². The van der Waals surface area contributed by atoms with Gasteiger partial charge in [0.05, 0.1) is 37.2 Å². The minimum atomic E-state index is -2.86. The highest BCUT2D eigenvalue weighted by atomic mass is 19.3. The van der Waals surface area contributed by atoms with Crippen molar-refractivity contribution in [3.8, 4) is 11.3 Å². The van der Waals surface area contributed by atoms with Crippen LogP contribution in [0.2, 0.25) is 0 Å². The quantitative estimate of drug-likeness (QED) is 0.678. The monoisotopic (exact) mass is 466 g/mol. The van der Waals surface area contributed by atoms with Gasteiger partial charge < -0.3 is 20.1 Å². The molecule has 2 N–H and O–H groups in total. The van der Waals surface area contributed by atoms with E-state index in [9.17, 15) is 17.6 Å². The number of halogens is 4. The maximum Gasteiger partial charge on any atom is 0.267 e. The molecule has 1 aliphatic carbocycles. The van der Waals surface area contributed by atoms with Gasteiger partial charge in [-0.1, -0.05) is 0 Å². The van der Waals surface area contributed by atoms with Crippen molar-refractivity contribution < 1.29 is 27.0 Å². The summed E-state index contributed by atoms with van der Waals surface area (Å²) in [6.45, 7) is 2.04. The third-order valence-electron chi connectivity index (χ3n) is 7.02. The Balaban J connectivity index is 1.50. The minimum Gasteiger partial charge on any atom is -0.376 e. The Bertz CT molecular complexity index is 1000. The van der Waals surface area contributed by atoms with Crippen LogP contribution in [0.5, 0.6) is 0 Å². The van der Waals surface area contributed by atoms with E-state index in [1.165, 1.54) is 0 Å². The van der Waals surface area contributed by atoms with E-state index in [2.05, 4.69) is 10.2 Å². The summed E-state index contributed by atoms with van der Waals surface area (Å²) in [5.41, 5.74) is 5.52. The second kappa shape index (κ2) is 9.15. The second-order valence-electron chi connectivity index (χ2n) is 9.11. The Morgan fingerprint density at radius 1 is 1.12 bits per heavy atom. The van der Waals surface area contributed by atoms with Crippen LogP contribution >= 0.6 is 0 Å². The number of ether oxygens (including phenoxy) is 2. The van der Waals surface area contributed by atoms with Crippen LogP contribution in [0.1, 0.15) is 31.3 Å². The smallest absolute Gasteiger partial charge is 0.267 e. The van der Waals surface area contributed by atoms with Crippen LogP contribution < -0.4 is 10.6 Å². The molecule has 2 aromatic rings. The first-order valence-corrected chi connectivity index (χ1v) is 11.2. The van der Waals surface area contributed by atoms with E-state index in [1.807, 2.05) is 4.90 Å². The Morgan fingerprint density at radius 3 is 2.73 bits per heavy atom. The predicted octanol–water partition coefficient (Wildman–Crippen LogP) is 3.71. The van der Waals surface area contributed by atoms with Crippen LogP contribution in [0.25, 0.3) is 11.3 Å². The fourth-order valence-electron chi connectivity index (χ4n) is 5.60. The molecule has 3 heterocycles. The molecule has 0 radical (unpaired) electrons. The van der Waals surface area contributed by atoms with Gasteiger partial charge in [-0.15, -0.1) is 10.2 Å². The Hall–Kier alpha value is -2.30. The molecule has 1 aromatic carbocycles. The van der Waals surface area contributed by atoms with Gasteiger partial charge in [-0.25, -0.2) is 17.6 Å². The molecule has 2 saturated heterocycles. The number of nitrogens with two attached hydrogens (primary N) is 1.